The number of hydrogen-bond acceptors (Lipinski definition) is 4. The van der Waals surface area contributed by atoms with Crippen molar-refractivity contribution < 1.29 is 14.6 Å². The first-order valence-electron chi connectivity index (χ1n) is 4.58. The normalized spacial score (nSPS) is 9.88. The van der Waals surface area contributed by atoms with Gasteiger partial charge in [0.15, 0.2) is 0 Å². The fraction of sp³-hybridized carbons (Fsp3) is 0.300. The quantitative estimate of drug-likeness (QED) is 0.568. The van der Waals surface area contributed by atoms with E-state index >= 15 is 0 Å². The molecule has 16 heavy (non-hydrogen) atoms. The van der Waals surface area contributed by atoms with Gasteiger partial charge < -0.3 is 0 Å². The summed E-state index contributed by atoms with van der Waals surface area (Å²) in [6.07, 6.45) is 0.0754. The van der Waals surface area contributed by atoms with Crippen molar-refractivity contribution >= 4 is 11.6 Å². The third kappa shape index (κ3) is 3.03. The van der Waals surface area contributed by atoms with Crippen LogP contribution in [0.3, 0.4) is 0 Å². The van der Waals surface area contributed by atoms with Crippen molar-refractivity contribution in [1.29, 1.82) is 0 Å². The van der Waals surface area contributed by atoms with Gasteiger partial charge in [0, 0.05) is 19.2 Å². The maximum Gasteiger partial charge on any atom is 0.269 e. The highest BCUT2D eigenvalue weighted by molar-refractivity contribution is 5.77. The van der Waals surface area contributed by atoms with E-state index in [4.69, 9.17) is 4.84 Å². The van der Waals surface area contributed by atoms with Gasteiger partial charge in [-0.15, -0.1) is 0 Å². The Balaban J connectivity index is 2.78. The van der Waals surface area contributed by atoms with E-state index in [2.05, 4.69) is 0 Å². The summed E-state index contributed by atoms with van der Waals surface area (Å²) in [5, 5.41) is 11.6. The van der Waals surface area contributed by atoms with Crippen molar-refractivity contribution in [3.05, 3.63) is 39.9 Å². The predicted molar refractivity (Wildman–Crippen MR) is 56.6 cm³/mol. The second-order valence-electron chi connectivity index (χ2n) is 3.18. The van der Waals surface area contributed by atoms with E-state index in [0.717, 1.165) is 5.06 Å². The molecule has 0 heterocycles. The first-order chi connectivity index (χ1) is 7.54. The van der Waals surface area contributed by atoms with Crippen molar-refractivity contribution in [1.82, 2.24) is 5.06 Å². The Labute approximate surface area is 92.5 Å². The average Bonchev–Trinajstić information content (AvgIpc) is 2.28. The minimum absolute atomic E-state index is 0.0228. The number of carbonyl (C=O) groups excluding carboxylic acids is 1. The molecule has 0 atom stereocenters. The number of carbonyl (C=O) groups is 1. The molecule has 0 spiro atoms. The lowest BCUT2D eigenvalue weighted by molar-refractivity contribution is -0.384. The minimum Gasteiger partial charge on any atom is -0.275 e. The van der Waals surface area contributed by atoms with Crippen molar-refractivity contribution in [2.45, 2.75) is 6.42 Å². The molecule has 86 valence electrons. The zero-order valence-corrected chi connectivity index (χ0v) is 9.04. The minimum atomic E-state index is -0.492. The molecule has 0 aliphatic rings. The van der Waals surface area contributed by atoms with Crippen LogP contribution in [-0.2, 0) is 16.1 Å². The largest absolute Gasteiger partial charge is 0.275 e. The molecule has 0 N–H and O–H groups in total. The van der Waals surface area contributed by atoms with Gasteiger partial charge in [-0.1, -0.05) is 12.1 Å². The molecular formula is C10H12N2O4. The monoisotopic (exact) mass is 224 g/mol. The van der Waals surface area contributed by atoms with Crippen LogP contribution in [0.25, 0.3) is 0 Å². The second-order valence-corrected chi connectivity index (χ2v) is 3.18. The Bertz CT molecular complexity index is 406. The van der Waals surface area contributed by atoms with Gasteiger partial charge in [-0.2, -0.15) is 0 Å². The maximum atomic E-state index is 11.5. The zero-order chi connectivity index (χ0) is 12.1. The molecule has 0 fully saturated rings. The van der Waals surface area contributed by atoms with E-state index in [9.17, 15) is 14.9 Å². The van der Waals surface area contributed by atoms with Crippen LogP contribution in [0.4, 0.5) is 5.69 Å². The Kier molecular flexibility index (Phi) is 3.96. The standard InChI is InChI=1S/C10H12N2O4/c1-11(16-2)10(13)7-8-4-3-5-9(6-8)12(14)15/h3-6H,7H2,1-2H3. The molecule has 0 unspecified atom stereocenters. The van der Waals surface area contributed by atoms with Crippen molar-refractivity contribution in [2.24, 2.45) is 0 Å². The average molecular weight is 224 g/mol. The van der Waals surface area contributed by atoms with Crippen LogP contribution in [-0.4, -0.2) is 30.1 Å². The molecule has 6 heteroatoms. The molecule has 0 aliphatic heterocycles. The number of rotatable bonds is 4. The summed E-state index contributed by atoms with van der Waals surface area (Å²) >= 11 is 0. The summed E-state index contributed by atoms with van der Waals surface area (Å²) in [7, 11) is 2.87. The molecule has 1 aromatic carbocycles. The van der Waals surface area contributed by atoms with Crippen molar-refractivity contribution in [2.75, 3.05) is 14.2 Å². The lowest BCUT2D eigenvalue weighted by atomic mass is 10.1. The first-order valence-corrected chi connectivity index (χ1v) is 4.58. The zero-order valence-electron chi connectivity index (χ0n) is 9.04. The number of amides is 1. The maximum absolute atomic E-state index is 11.5. The van der Waals surface area contributed by atoms with E-state index in [0.29, 0.717) is 5.56 Å². The summed E-state index contributed by atoms with van der Waals surface area (Å²) in [6.45, 7) is 0. The van der Waals surface area contributed by atoms with E-state index in [1.807, 2.05) is 0 Å². The summed E-state index contributed by atoms with van der Waals surface area (Å²) in [6, 6.07) is 5.97. The number of non-ortho nitro benzene ring substituents is 1. The van der Waals surface area contributed by atoms with Crippen LogP contribution in [0.1, 0.15) is 5.56 Å². The van der Waals surface area contributed by atoms with Crippen LogP contribution in [0, 0.1) is 10.1 Å². The lowest BCUT2D eigenvalue weighted by Crippen LogP contribution is -2.26. The molecule has 1 aromatic rings. The SMILES string of the molecule is CON(C)C(=O)Cc1cccc([N+](=O)[O-])c1. The summed E-state index contributed by atoms with van der Waals surface area (Å²) in [5.74, 6) is -0.261. The smallest absolute Gasteiger partial charge is 0.269 e. The molecule has 0 bridgehead atoms. The fourth-order valence-electron chi connectivity index (χ4n) is 1.17. The van der Waals surface area contributed by atoms with Gasteiger partial charge >= 0.3 is 0 Å². The number of nitro groups is 1. The van der Waals surface area contributed by atoms with E-state index < -0.39 is 4.92 Å². The van der Waals surface area contributed by atoms with E-state index in [1.165, 1.54) is 26.3 Å². The van der Waals surface area contributed by atoms with Gasteiger partial charge in [0.05, 0.1) is 18.5 Å². The van der Waals surface area contributed by atoms with Gasteiger partial charge in [0.2, 0.25) is 5.91 Å². The number of nitrogens with zero attached hydrogens (tertiary/aromatic N) is 2. The first kappa shape index (κ1) is 12.1. The lowest BCUT2D eigenvalue weighted by Gasteiger charge is -2.13. The van der Waals surface area contributed by atoms with Gasteiger partial charge in [0.25, 0.3) is 5.69 Å². The Morgan fingerprint density at radius 2 is 2.25 bits per heavy atom. The molecule has 0 aliphatic carbocycles. The van der Waals surface area contributed by atoms with Gasteiger partial charge in [-0.25, -0.2) is 5.06 Å². The predicted octanol–water partition coefficient (Wildman–Crippen LogP) is 1.16. The number of hydrogen-bond donors (Lipinski definition) is 0. The molecule has 0 aromatic heterocycles. The molecule has 0 saturated carbocycles. The highest BCUT2D eigenvalue weighted by Gasteiger charge is 2.11. The third-order valence-corrected chi connectivity index (χ3v) is 2.10. The summed E-state index contributed by atoms with van der Waals surface area (Å²) in [4.78, 5) is 26.2. The summed E-state index contributed by atoms with van der Waals surface area (Å²) in [5.41, 5.74) is 0.563. The second kappa shape index (κ2) is 5.22. The van der Waals surface area contributed by atoms with E-state index in [-0.39, 0.29) is 18.0 Å². The Hall–Kier alpha value is -1.95. The molecule has 1 amide bonds. The number of nitro benzene ring substituents is 1. The molecule has 6 nitrogen and oxygen atoms in total. The third-order valence-electron chi connectivity index (χ3n) is 2.10. The molecule has 0 saturated heterocycles. The van der Waals surface area contributed by atoms with E-state index in [1.54, 1.807) is 12.1 Å². The number of hydroxylamine groups is 2. The fourth-order valence-corrected chi connectivity index (χ4v) is 1.17. The van der Waals surface area contributed by atoms with Crippen LogP contribution in [0.15, 0.2) is 24.3 Å². The van der Waals surface area contributed by atoms with Gasteiger partial charge in [-0.3, -0.25) is 19.7 Å². The van der Waals surface area contributed by atoms with Crippen LogP contribution in [0.2, 0.25) is 0 Å². The highest BCUT2D eigenvalue weighted by atomic mass is 16.7. The number of benzene rings is 1. The number of likely N-dealkylation sites (N-methyl/N-ethyl adjacent to an activating group) is 1. The van der Waals surface area contributed by atoms with Crippen LogP contribution < -0.4 is 0 Å². The van der Waals surface area contributed by atoms with Crippen LogP contribution in [0.5, 0.6) is 0 Å². The topological polar surface area (TPSA) is 72.7 Å². The van der Waals surface area contributed by atoms with Gasteiger partial charge in [-0.05, 0) is 5.56 Å². The van der Waals surface area contributed by atoms with Crippen molar-refractivity contribution in [3.8, 4) is 0 Å². The molecule has 1 rings (SSSR count). The van der Waals surface area contributed by atoms with Gasteiger partial charge in [0.1, 0.15) is 0 Å². The Morgan fingerprint density at radius 3 is 2.81 bits per heavy atom. The summed E-state index contributed by atoms with van der Waals surface area (Å²) < 4.78 is 0. The molecule has 0 radical (unpaired) electrons. The molecular weight excluding hydrogens is 212 g/mol. The van der Waals surface area contributed by atoms with Crippen molar-refractivity contribution in [3.63, 3.8) is 0 Å². The highest BCUT2D eigenvalue weighted by Crippen LogP contribution is 2.13. The van der Waals surface area contributed by atoms with Crippen LogP contribution >= 0.6 is 0 Å². The Morgan fingerprint density at radius 1 is 1.56 bits per heavy atom.